The summed E-state index contributed by atoms with van der Waals surface area (Å²) in [5, 5.41) is 19.6. The zero-order valence-electron chi connectivity index (χ0n) is 11.9. The van der Waals surface area contributed by atoms with Crippen LogP contribution in [0.25, 0.3) is 0 Å². The summed E-state index contributed by atoms with van der Waals surface area (Å²) >= 11 is 0. The number of ether oxygens (including phenoxy) is 1. The molecule has 7 heteroatoms. The SMILES string of the molecule is Cc1nnc(CNC(=O)C(O)COc2ccccc2C)o1. The number of aryl methyl sites for hydroxylation is 2. The van der Waals surface area contributed by atoms with E-state index < -0.39 is 12.0 Å². The number of rotatable bonds is 6. The molecule has 1 aromatic carbocycles. The van der Waals surface area contributed by atoms with Crippen molar-refractivity contribution < 1.29 is 19.1 Å². The number of hydrogen-bond acceptors (Lipinski definition) is 6. The summed E-state index contributed by atoms with van der Waals surface area (Å²) in [6.07, 6.45) is -1.27. The largest absolute Gasteiger partial charge is 0.490 e. The second kappa shape index (κ2) is 6.85. The number of hydrogen-bond donors (Lipinski definition) is 2. The Morgan fingerprint density at radius 3 is 2.81 bits per heavy atom. The summed E-state index contributed by atoms with van der Waals surface area (Å²) in [6.45, 7) is 3.49. The van der Waals surface area contributed by atoms with Crippen molar-refractivity contribution in [2.75, 3.05) is 6.61 Å². The van der Waals surface area contributed by atoms with Crippen LogP contribution in [0.5, 0.6) is 5.75 Å². The first-order valence-corrected chi connectivity index (χ1v) is 6.49. The van der Waals surface area contributed by atoms with Gasteiger partial charge in [-0.2, -0.15) is 0 Å². The monoisotopic (exact) mass is 291 g/mol. The number of benzene rings is 1. The van der Waals surface area contributed by atoms with Crippen molar-refractivity contribution in [2.24, 2.45) is 0 Å². The van der Waals surface area contributed by atoms with Gasteiger partial charge >= 0.3 is 0 Å². The van der Waals surface area contributed by atoms with Gasteiger partial charge in [0, 0.05) is 6.92 Å². The van der Waals surface area contributed by atoms with Crippen LogP contribution in [0.4, 0.5) is 0 Å². The highest BCUT2D eigenvalue weighted by Crippen LogP contribution is 2.16. The molecule has 0 aliphatic rings. The number of carbonyl (C=O) groups is 1. The molecule has 0 aliphatic heterocycles. The maximum absolute atomic E-state index is 11.7. The Balaban J connectivity index is 1.78. The Morgan fingerprint density at radius 2 is 2.14 bits per heavy atom. The summed E-state index contributed by atoms with van der Waals surface area (Å²) < 4.78 is 10.5. The molecule has 7 nitrogen and oxygen atoms in total. The van der Waals surface area contributed by atoms with E-state index in [0.29, 0.717) is 11.6 Å². The molecule has 112 valence electrons. The molecule has 0 spiro atoms. The number of para-hydroxylation sites is 1. The lowest BCUT2D eigenvalue weighted by Gasteiger charge is -2.13. The molecule has 2 N–H and O–H groups in total. The normalized spacial score (nSPS) is 12.0. The molecule has 0 saturated carbocycles. The molecule has 0 fully saturated rings. The molecule has 1 amide bonds. The molecule has 0 aliphatic carbocycles. The fraction of sp³-hybridized carbons (Fsp3) is 0.357. The Morgan fingerprint density at radius 1 is 1.38 bits per heavy atom. The molecule has 0 saturated heterocycles. The second-order valence-electron chi connectivity index (χ2n) is 4.52. The number of nitrogens with zero attached hydrogens (tertiary/aromatic N) is 2. The van der Waals surface area contributed by atoms with E-state index in [-0.39, 0.29) is 19.0 Å². The summed E-state index contributed by atoms with van der Waals surface area (Å²) in [5.74, 6) is 0.784. The van der Waals surface area contributed by atoms with Gasteiger partial charge in [0.25, 0.3) is 5.91 Å². The second-order valence-corrected chi connectivity index (χ2v) is 4.52. The number of nitrogens with one attached hydrogen (secondary N) is 1. The highest BCUT2D eigenvalue weighted by Gasteiger charge is 2.16. The minimum Gasteiger partial charge on any atom is -0.490 e. The fourth-order valence-corrected chi connectivity index (χ4v) is 1.65. The Kier molecular flexibility index (Phi) is 4.89. The summed E-state index contributed by atoms with van der Waals surface area (Å²) in [4.78, 5) is 11.7. The van der Waals surface area contributed by atoms with Gasteiger partial charge in [0.1, 0.15) is 12.4 Å². The van der Waals surface area contributed by atoms with Gasteiger partial charge in [-0.1, -0.05) is 18.2 Å². The van der Waals surface area contributed by atoms with Crippen LogP contribution in [-0.2, 0) is 11.3 Å². The van der Waals surface area contributed by atoms with Gasteiger partial charge in [0.05, 0.1) is 6.54 Å². The molecule has 21 heavy (non-hydrogen) atoms. The molecule has 2 aromatic rings. The smallest absolute Gasteiger partial charge is 0.252 e. The lowest BCUT2D eigenvalue weighted by atomic mass is 10.2. The van der Waals surface area contributed by atoms with Crippen molar-refractivity contribution in [1.82, 2.24) is 15.5 Å². The van der Waals surface area contributed by atoms with Crippen molar-refractivity contribution >= 4 is 5.91 Å². The van der Waals surface area contributed by atoms with E-state index in [1.165, 1.54) is 0 Å². The predicted molar refractivity (Wildman–Crippen MR) is 73.6 cm³/mol. The molecule has 1 atom stereocenters. The number of carbonyl (C=O) groups excluding carboxylic acids is 1. The molecular formula is C14H17N3O4. The first-order valence-electron chi connectivity index (χ1n) is 6.49. The zero-order chi connectivity index (χ0) is 15.2. The number of amides is 1. The van der Waals surface area contributed by atoms with Crippen LogP contribution in [0.2, 0.25) is 0 Å². The Hall–Kier alpha value is -2.41. The standard InChI is InChI=1S/C14H17N3O4/c1-9-5-3-4-6-12(9)20-8-11(18)14(19)15-7-13-17-16-10(2)21-13/h3-6,11,18H,7-8H2,1-2H3,(H,15,19). The van der Waals surface area contributed by atoms with Gasteiger partial charge in [0.15, 0.2) is 6.10 Å². The van der Waals surface area contributed by atoms with E-state index in [4.69, 9.17) is 9.15 Å². The molecule has 1 unspecified atom stereocenters. The fourth-order valence-electron chi connectivity index (χ4n) is 1.65. The van der Waals surface area contributed by atoms with Gasteiger partial charge < -0.3 is 19.6 Å². The molecule has 0 bridgehead atoms. The lowest BCUT2D eigenvalue weighted by Crippen LogP contribution is -2.38. The first-order chi connectivity index (χ1) is 10.1. The minimum atomic E-state index is -1.27. The third-order valence-corrected chi connectivity index (χ3v) is 2.77. The van der Waals surface area contributed by atoms with Crippen LogP contribution in [0.1, 0.15) is 17.3 Å². The number of aromatic nitrogens is 2. The van der Waals surface area contributed by atoms with Gasteiger partial charge in [-0.05, 0) is 18.6 Å². The minimum absolute atomic E-state index is 0.0705. The number of aliphatic hydroxyl groups excluding tert-OH is 1. The van der Waals surface area contributed by atoms with Gasteiger partial charge in [-0.25, -0.2) is 0 Å². The Bertz CT molecular complexity index is 612. The highest BCUT2D eigenvalue weighted by atomic mass is 16.5. The van der Waals surface area contributed by atoms with Crippen LogP contribution < -0.4 is 10.1 Å². The van der Waals surface area contributed by atoms with Crippen molar-refractivity contribution in [1.29, 1.82) is 0 Å². The molecule has 1 heterocycles. The lowest BCUT2D eigenvalue weighted by molar-refractivity contribution is -0.131. The summed E-state index contributed by atoms with van der Waals surface area (Å²) in [7, 11) is 0. The van der Waals surface area contributed by atoms with E-state index in [9.17, 15) is 9.90 Å². The first kappa shape index (κ1) is 15.0. The van der Waals surface area contributed by atoms with E-state index in [0.717, 1.165) is 5.56 Å². The van der Waals surface area contributed by atoms with Crippen molar-refractivity contribution in [3.8, 4) is 5.75 Å². The molecular weight excluding hydrogens is 274 g/mol. The topological polar surface area (TPSA) is 97.5 Å². The van der Waals surface area contributed by atoms with E-state index in [2.05, 4.69) is 15.5 Å². The molecule has 0 radical (unpaired) electrons. The average Bonchev–Trinajstić information content (AvgIpc) is 2.89. The van der Waals surface area contributed by atoms with Crippen molar-refractivity contribution in [3.63, 3.8) is 0 Å². The predicted octanol–water partition coefficient (Wildman–Crippen LogP) is 0.743. The highest BCUT2D eigenvalue weighted by molar-refractivity contribution is 5.80. The number of aliphatic hydroxyl groups is 1. The van der Waals surface area contributed by atoms with E-state index >= 15 is 0 Å². The zero-order valence-corrected chi connectivity index (χ0v) is 11.9. The van der Waals surface area contributed by atoms with E-state index in [1.807, 2.05) is 25.1 Å². The maximum Gasteiger partial charge on any atom is 0.252 e. The maximum atomic E-state index is 11.7. The summed E-state index contributed by atoms with van der Waals surface area (Å²) in [6, 6.07) is 7.38. The van der Waals surface area contributed by atoms with Gasteiger partial charge in [-0.15, -0.1) is 10.2 Å². The van der Waals surface area contributed by atoms with Crippen LogP contribution in [0.15, 0.2) is 28.7 Å². The Labute approximate surface area is 121 Å². The average molecular weight is 291 g/mol. The van der Waals surface area contributed by atoms with Crippen LogP contribution in [-0.4, -0.2) is 33.9 Å². The molecule has 2 rings (SSSR count). The van der Waals surface area contributed by atoms with Crippen LogP contribution in [0.3, 0.4) is 0 Å². The van der Waals surface area contributed by atoms with Crippen LogP contribution >= 0.6 is 0 Å². The van der Waals surface area contributed by atoms with Crippen molar-refractivity contribution in [2.45, 2.75) is 26.5 Å². The third-order valence-electron chi connectivity index (χ3n) is 2.77. The van der Waals surface area contributed by atoms with Gasteiger partial charge in [0.2, 0.25) is 11.8 Å². The van der Waals surface area contributed by atoms with Crippen LogP contribution in [0, 0.1) is 13.8 Å². The van der Waals surface area contributed by atoms with E-state index in [1.54, 1.807) is 13.0 Å². The molecule has 1 aromatic heterocycles. The van der Waals surface area contributed by atoms with Gasteiger partial charge in [-0.3, -0.25) is 4.79 Å². The third kappa shape index (κ3) is 4.28. The summed E-state index contributed by atoms with van der Waals surface area (Å²) in [5.41, 5.74) is 0.937. The van der Waals surface area contributed by atoms with Crippen molar-refractivity contribution in [3.05, 3.63) is 41.6 Å². The quantitative estimate of drug-likeness (QED) is 0.814.